The van der Waals surface area contributed by atoms with E-state index in [-0.39, 0.29) is 23.8 Å². The van der Waals surface area contributed by atoms with E-state index in [1.807, 2.05) is 18.2 Å². The number of amides is 2. The average Bonchev–Trinajstić information content (AvgIpc) is 3.58. The van der Waals surface area contributed by atoms with Gasteiger partial charge in [-0.2, -0.15) is 0 Å². The SMILES string of the molecule is COc1ccc(C(CNC(=O)c2ccc(NC(=O)C3CC3)s2)N2CCOCC2)cc1OC. The van der Waals surface area contributed by atoms with Gasteiger partial charge in [0.05, 0.1) is 43.4 Å². The molecule has 2 fully saturated rings. The fourth-order valence-corrected chi connectivity index (χ4v) is 4.61. The molecule has 2 amide bonds. The second-order valence-corrected chi connectivity index (χ2v) is 9.00. The number of hydrogen-bond acceptors (Lipinski definition) is 7. The van der Waals surface area contributed by atoms with Crippen LogP contribution in [0.2, 0.25) is 0 Å². The quantitative estimate of drug-likeness (QED) is 0.600. The van der Waals surface area contributed by atoms with Crippen LogP contribution in [-0.4, -0.2) is 63.8 Å². The van der Waals surface area contributed by atoms with E-state index in [1.165, 1.54) is 11.3 Å². The van der Waals surface area contributed by atoms with Crippen molar-refractivity contribution in [1.82, 2.24) is 10.2 Å². The summed E-state index contributed by atoms with van der Waals surface area (Å²) >= 11 is 1.29. The van der Waals surface area contributed by atoms with Crippen molar-refractivity contribution in [2.45, 2.75) is 18.9 Å². The number of ether oxygens (including phenoxy) is 3. The minimum atomic E-state index is -0.152. The molecule has 1 saturated carbocycles. The van der Waals surface area contributed by atoms with E-state index in [2.05, 4.69) is 15.5 Å². The summed E-state index contributed by atoms with van der Waals surface area (Å²) in [7, 11) is 3.23. The van der Waals surface area contributed by atoms with Crippen LogP contribution in [0.25, 0.3) is 0 Å². The van der Waals surface area contributed by atoms with Gasteiger partial charge in [0.25, 0.3) is 5.91 Å². The molecule has 0 bridgehead atoms. The highest BCUT2D eigenvalue weighted by atomic mass is 32.1. The molecule has 8 nitrogen and oxygen atoms in total. The standard InChI is InChI=1S/C23H29N3O5S/c1-29-18-6-5-16(13-19(18)30-2)17(26-9-11-31-12-10-26)14-24-23(28)20-7-8-21(32-20)25-22(27)15-3-4-15/h5-8,13,15,17H,3-4,9-12,14H2,1-2H3,(H,24,28)(H,25,27). The monoisotopic (exact) mass is 459 g/mol. The molecule has 1 aromatic heterocycles. The lowest BCUT2D eigenvalue weighted by Gasteiger charge is -2.35. The summed E-state index contributed by atoms with van der Waals surface area (Å²) in [5.41, 5.74) is 1.04. The summed E-state index contributed by atoms with van der Waals surface area (Å²) in [6.45, 7) is 3.33. The highest BCUT2D eigenvalue weighted by Gasteiger charge is 2.30. The van der Waals surface area contributed by atoms with E-state index in [9.17, 15) is 9.59 Å². The van der Waals surface area contributed by atoms with Crippen molar-refractivity contribution in [3.05, 3.63) is 40.8 Å². The zero-order valence-electron chi connectivity index (χ0n) is 18.4. The van der Waals surface area contributed by atoms with Crippen molar-refractivity contribution in [3.8, 4) is 11.5 Å². The fraction of sp³-hybridized carbons (Fsp3) is 0.478. The molecule has 32 heavy (non-hydrogen) atoms. The van der Waals surface area contributed by atoms with Gasteiger partial charge in [0.1, 0.15) is 0 Å². The molecular weight excluding hydrogens is 430 g/mol. The number of morpholine rings is 1. The Kier molecular flexibility index (Phi) is 7.29. The normalized spacial score (nSPS) is 17.4. The molecule has 1 aromatic carbocycles. The molecule has 2 N–H and O–H groups in total. The smallest absolute Gasteiger partial charge is 0.261 e. The number of carbonyl (C=O) groups is 2. The van der Waals surface area contributed by atoms with Crippen molar-refractivity contribution in [3.63, 3.8) is 0 Å². The van der Waals surface area contributed by atoms with Crippen LogP contribution in [-0.2, 0) is 9.53 Å². The number of rotatable bonds is 9. The zero-order valence-corrected chi connectivity index (χ0v) is 19.2. The first kappa shape index (κ1) is 22.6. The lowest BCUT2D eigenvalue weighted by Crippen LogP contribution is -2.43. The predicted octanol–water partition coefficient (Wildman–Crippen LogP) is 2.92. The van der Waals surface area contributed by atoms with Crippen molar-refractivity contribution in [1.29, 1.82) is 0 Å². The Balaban J connectivity index is 1.45. The Bertz CT molecular complexity index is 953. The predicted molar refractivity (Wildman–Crippen MR) is 123 cm³/mol. The Morgan fingerprint density at radius 3 is 2.56 bits per heavy atom. The minimum Gasteiger partial charge on any atom is -0.493 e. The van der Waals surface area contributed by atoms with Gasteiger partial charge in [-0.3, -0.25) is 14.5 Å². The van der Waals surface area contributed by atoms with Gasteiger partial charge in [0.15, 0.2) is 11.5 Å². The lowest BCUT2D eigenvalue weighted by molar-refractivity contribution is -0.117. The maximum Gasteiger partial charge on any atom is 0.261 e. The molecule has 9 heteroatoms. The molecular formula is C23H29N3O5S. The van der Waals surface area contributed by atoms with E-state index in [0.29, 0.717) is 41.1 Å². The second kappa shape index (κ2) is 10.3. The van der Waals surface area contributed by atoms with E-state index in [4.69, 9.17) is 14.2 Å². The summed E-state index contributed by atoms with van der Waals surface area (Å²) in [6, 6.07) is 9.36. The molecule has 0 radical (unpaired) electrons. The van der Waals surface area contributed by atoms with Crippen LogP contribution >= 0.6 is 11.3 Å². The fourth-order valence-electron chi connectivity index (χ4n) is 3.78. The number of carbonyl (C=O) groups excluding carboxylic acids is 2. The maximum atomic E-state index is 12.8. The molecule has 2 heterocycles. The first-order chi connectivity index (χ1) is 15.6. The summed E-state index contributed by atoms with van der Waals surface area (Å²) in [5, 5.41) is 6.67. The number of hydrogen-bond donors (Lipinski definition) is 2. The number of anilines is 1. The molecule has 1 aliphatic carbocycles. The zero-order chi connectivity index (χ0) is 22.5. The van der Waals surface area contributed by atoms with Gasteiger partial charge >= 0.3 is 0 Å². The average molecular weight is 460 g/mol. The van der Waals surface area contributed by atoms with Crippen molar-refractivity contribution < 1.29 is 23.8 Å². The Morgan fingerprint density at radius 2 is 1.88 bits per heavy atom. The van der Waals surface area contributed by atoms with E-state index in [0.717, 1.165) is 31.5 Å². The largest absolute Gasteiger partial charge is 0.493 e. The second-order valence-electron chi connectivity index (χ2n) is 7.92. The van der Waals surface area contributed by atoms with E-state index >= 15 is 0 Å². The molecule has 1 unspecified atom stereocenters. The highest BCUT2D eigenvalue weighted by Crippen LogP contribution is 2.33. The third-order valence-corrected chi connectivity index (χ3v) is 6.76. The van der Waals surface area contributed by atoms with E-state index in [1.54, 1.807) is 26.4 Å². The molecule has 1 aliphatic heterocycles. The highest BCUT2D eigenvalue weighted by molar-refractivity contribution is 7.18. The molecule has 0 spiro atoms. The molecule has 1 saturated heterocycles. The van der Waals surface area contributed by atoms with Crippen LogP contribution in [0.1, 0.15) is 34.1 Å². The molecule has 2 aliphatic rings. The summed E-state index contributed by atoms with van der Waals surface area (Å²) in [6.07, 6.45) is 1.90. The first-order valence-electron chi connectivity index (χ1n) is 10.8. The van der Waals surface area contributed by atoms with Crippen LogP contribution < -0.4 is 20.1 Å². The number of nitrogens with zero attached hydrogens (tertiary/aromatic N) is 1. The Labute approximate surface area is 191 Å². The number of methoxy groups -OCH3 is 2. The van der Waals surface area contributed by atoms with Crippen molar-refractivity contribution in [2.75, 3.05) is 52.4 Å². The Hall–Kier alpha value is -2.62. The number of nitrogens with one attached hydrogen (secondary N) is 2. The maximum absolute atomic E-state index is 12.8. The summed E-state index contributed by atoms with van der Waals surface area (Å²) in [4.78, 5) is 27.7. The molecule has 4 rings (SSSR count). The van der Waals surface area contributed by atoms with E-state index < -0.39 is 0 Å². The third-order valence-electron chi connectivity index (χ3n) is 5.76. The molecule has 172 valence electrons. The molecule has 2 aromatic rings. The molecule has 1 atom stereocenters. The summed E-state index contributed by atoms with van der Waals surface area (Å²) < 4.78 is 16.4. The Morgan fingerprint density at radius 1 is 1.12 bits per heavy atom. The van der Waals surface area contributed by atoms with Crippen molar-refractivity contribution in [2.24, 2.45) is 5.92 Å². The van der Waals surface area contributed by atoms with Crippen LogP contribution in [0.4, 0.5) is 5.00 Å². The van der Waals surface area contributed by atoms with Gasteiger partial charge in [-0.05, 0) is 42.7 Å². The van der Waals surface area contributed by atoms with Gasteiger partial charge in [-0.25, -0.2) is 0 Å². The van der Waals surface area contributed by atoms with Gasteiger partial charge in [0, 0.05) is 25.6 Å². The summed E-state index contributed by atoms with van der Waals surface area (Å²) in [5.74, 6) is 1.34. The van der Waals surface area contributed by atoms with Crippen molar-refractivity contribution >= 4 is 28.2 Å². The third kappa shape index (κ3) is 5.40. The van der Waals surface area contributed by atoms with Gasteiger partial charge < -0.3 is 24.8 Å². The van der Waals surface area contributed by atoms with Crippen LogP contribution in [0.3, 0.4) is 0 Å². The van der Waals surface area contributed by atoms with Gasteiger partial charge in [0.2, 0.25) is 5.91 Å². The first-order valence-corrected chi connectivity index (χ1v) is 11.6. The van der Waals surface area contributed by atoms with Crippen LogP contribution in [0.5, 0.6) is 11.5 Å². The lowest BCUT2D eigenvalue weighted by atomic mass is 10.0. The minimum absolute atomic E-state index is 0.0309. The van der Waals surface area contributed by atoms with Gasteiger partial charge in [-0.1, -0.05) is 6.07 Å². The van der Waals surface area contributed by atoms with Gasteiger partial charge in [-0.15, -0.1) is 11.3 Å². The number of benzene rings is 1. The van der Waals surface area contributed by atoms with Crippen LogP contribution in [0, 0.1) is 5.92 Å². The van der Waals surface area contributed by atoms with Crippen LogP contribution in [0.15, 0.2) is 30.3 Å². The number of thiophene rings is 1. The topological polar surface area (TPSA) is 89.1 Å².